The summed E-state index contributed by atoms with van der Waals surface area (Å²) in [6, 6.07) is 3.41. The second kappa shape index (κ2) is 3.89. The fourth-order valence-electron chi connectivity index (χ4n) is 2.28. The molecule has 2 aromatic rings. The molecule has 0 amide bonds. The quantitative estimate of drug-likeness (QED) is 0.507. The van der Waals surface area contributed by atoms with E-state index in [9.17, 15) is 28.1 Å². The van der Waals surface area contributed by atoms with Gasteiger partial charge in [0.25, 0.3) is 0 Å². The third kappa shape index (κ3) is 1.46. The van der Waals surface area contributed by atoms with Crippen molar-refractivity contribution in [2.24, 2.45) is 0 Å². The summed E-state index contributed by atoms with van der Waals surface area (Å²) in [6.07, 6.45) is 0. The first-order chi connectivity index (χ1) is 9.41. The summed E-state index contributed by atoms with van der Waals surface area (Å²) in [4.78, 5) is 21.5. The van der Waals surface area contributed by atoms with Crippen LogP contribution in [-0.4, -0.2) is 10.7 Å². The van der Waals surface area contributed by atoms with Gasteiger partial charge in [-0.25, -0.2) is 8.78 Å². The number of halogens is 3. The van der Waals surface area contributed by atoms with Crippen molar-refractivity contribution in [3.63, 3.8) is 0 Å². The number of hydrogen-bond acceptors (Lipinski definition) is 3. The minimum atomic E-state index is -1.41. The SMILES string of the molecule is O=C1c2cc(F)ccc2-c2c(F)cc([N+](=O)[O-])c(F)c21. The molecule has 0 aromatic heterocycles. The second-order valence-corrected chi connectivity index (χ2v) is 4.22. The van der Waals surface area contributed by atoms with Crippen LogP contribution in [0.25, 0.3) is 11.1 Å². The van der Waals surface area contributed by atoms with Crippen LogP contribution in [0.2, 0.25) is 0 Å². The minimum Gasteiger partial charge on any atom is -0.288 e. The van der Waals surface area contributed by atoms with Crippen LogP contribution in [0.5, 0.6) is 0 Å². The van der Waals surface area contributed by atoms with Crippen LogP contribution in [0.3, 0.4) is 0 Å². The number of nitro groups is 1. The molecule has 0 aliphatic heterocycles. The Labute approximate surface area is 109 Å². The van der Waals surface area contributed by atoms with Crippen LogP contribution < -0.4 is 0 Å². The Hall–Kier alpha value is -2.70. The number of benzene rings is 2. The predicted molar refractivity (Wildman–Crippen MR) is 61.8 cm³/mol. The summed E-state index contributed by atoms with van der Waals surface area (Å²) in [5.74, 6) is -4.20. The number of hydrogen-bond donors (Lipinski definition) is 0. The highest BCUT2D eigenvalue weighted by Gasteiger charge is 2.37. The minimum absolute atomic E-state index is 0.0256. The van der Waals surface area contributed by atoms with Crippen LogP contribution in [0, 0.1) is 27.6 Å². The molecule has 0 bridgehead atoms. The number of fused-ring (bicyclic) bond motifs is 3. The molecule has 1 aliphatic carbocycles. The molecule has 0 heterocycles. The first-order valence-electron chi connectivity index (χ1n) is 5.43. The van der Waals surface area contributed by atoms with Crippen molar-refractivity contribution < 1.29 is 22.9 Å². The Kier molecular flexibility index (Phi) is 2.40. The number of rotatable bonds is 1. The van der Waals surface area contributed by atoms with Gasteiger partial charge in [-0.3, -0.25) is 14.9 Å². The third-order valence-corrected chi connectivity index (χ3v) is 3.12. The standard InChI is InChI=1S/C13H4F3NO3/c14-5-1-2-6-7(3-5)13(18)11-10(6)8(15)4-9(12(11)16)17(19)20/h1-4H. The highest BCUT2D eigenvalue weighted by Crippen LogP contribution is 2.42. The molecule has 0 radical (unpaired) electrons. The second-order valence-electron chi connectivity index (χ2n) is 4.22. The van der Waals surface area contributed by atoms with Gasteiger partial charge in [0.15, 0.2) is 5.78 Å². The Balaban J connectivity index is 2.40. The molecular weight excluding hydrogens is 275 g/mol. The third-order valence-electron chi connectivity index (χ3n) is 3.12. The summed E-state index contributed by atoms with van der Waals surface area (Å²) >= 11 is 0. The van der Waals surface area contributed by atoms with Crippen LogP contribution in [0.1, 0.15) is 15.9 Å². The van der Waals surface area contributed by atoms with E-state index in [1.54, 1.807) is 0 Å². The van der Waals surface area contributed by atoms with E-state index in [1.165, 1.54) is 0 Å². The molecular formula is C13H4F3NO3. The highest BCUT2D eigenvalue weighted by atomic mass is 19.1. The largest absolute Gasteiger partial charge is 0.308 e. The molecule has 0 fully saturated rings. The molecule has 3 rings (SSSR count). The normalized spacial score (nSPS) is 12.2. The molecule has 0 saturated carbocycles. The number of carbonyl (C=O) groups excluding carboxylic acids is 1. The van der Waals surface area contributed by atoms with Crippen molar-refractivity contribution in [2.75, 3.05) is 0 Å². The van der Waals surface area contributed by atoms with E-state index in [4.69, 9.17) is 0 Å². The van der Waals surface area contributed by atoms with Gasteiger partial charge in [0.1, 0.15) is 11.6 Å². The zero-order valence-electron chi connectivity index (χ0n) is 9.62. The Bertz CT molecular complexity index is 802. The average molecular weight is 279 g/mol. The monoisotopic (exact) mass is 279 g/mol. The summed E-state index contributed by atoms with van der Waals surface area (Å²) < 4.78 is 41.0. The van der Waals surface area contributed by atoms with E-state index in [1.807, 2.05) is 0 Å². The zero-order valence-corrected chi connectivity index (χ0v) is 9.62. The Morgan fingerprint density at radius 3 is 2.35 bits per heavy atom. The van der Waals surface area contributed by atoms with E-state index >= 15 is 0 Å². The van der Waals surface area contributed by atoms with Crippen LogP contribution in [0.4, 0.5) is 18.9 Å². The van der Waals surface area contributed by atoms with Crippen molar-refractivity contribution in [2.45, 2.75) is 0 Å². The van der Waals surface area contributed by atoms with E-state index in [-0.39, 0.29) is 16.7 Å². The van der Waals surface area contributed by atoms with Crippen LogP contribution >= 0.6 is 0 Å². The Morgan fingerprint density at radius 2 is 1.70 bits per heavy atom. The van der Waals surface area contributed by atoms with Crippen LogP contribution in [-0.2, 0) is 0 Å². The smallest absolute Gasteiger partial charge is 0.288 e. The number of nitrogens with zero attached hydrogens (tertiary/aromatic N) is 1. The lowest BCUT2D eigenvalue weighted by Gasteiger charge is -2.03. The topological polar surface area (TPSA) is 60.2 Å². The van der Waals surface area contributed by atoms with Crippen molar-refractivity contribution >= 4 is 11.5 Å². The fraction of sp³-hybridized carbons (Fsp3) is 0. The zero-order chi connectivity index (χ0) is 14.6. The summed E-state index contributed by atoms with van der Waals surface area (Å²) in [7, 11) is 0. The molecule has 2 aromatic carbocycles. The molecule has 100 valence electrons. The average Bonchev–Trinajstić information content (AvgIpc) is 2.68. The van der Waals surface area contributed by atoms with Crippen molar-refractivity contribution in [1.82, 2.24) is 0 Å². The molecule has 7 heteroatoms. The first-order valence-corrected chi connectivity index (χ1v) is 5.43. The van der Waals surface area contributed by atoms with Crippen LogP contribution in [0.15, 0.2) is 24.3 Å². The molecule has 0 saturated heterocycles. The summed E-state index contributed by atoms with van der Waals surface area (Å²) in [5.41, 5.74) is -2.40. The lowest BCUT2D eigenvalue weighted by Crippen LogP contribution is -2.04. The number of ketones is 1. The van der Waals surface area contributed by atoms with Gasteiger partial charge in [-0.2, -0.15) is 4.39 Å². The number of carbonyl (C=O) groups is 1. The lowest BCUT2D eigenvalue weighted by atomic mass is 10.0. The molecule has 1 aliphatic rings. The highest BCUT2D eigenvalue weighted by molar-refractivity contribution is 6.22. The van der Waals surface area contributed by atoms with E-state index in [2.05, 4.69) is 0 Å². The van der Waals surface area contributed by atoms with E-state index in [0.717, 1.165) is 18.2 Å². The van der Waals surface area contributed by atoms with Gasteiger partial charge >= 0.3 is 5.69 Å². The van der Waals surface area contributed by atoms with Gasteiger partial charge in [0, 0.05) is 11.1 Å². The maximum absolute atomic E-state index is 14.0. The van der Waals surface area contributed by atoms with Crippen molar-refractivity contribution in [1.29, 1.82) is 0 Å². The molecule has 4 nitrogen and oxygen atoms in total. The van der Waals surface area contributed by atoms with Crippen molar-refractivity contribution in [3.8, 4) is 11.1 Å². The maximum atomic E-state index is 14.0. The maximum Gasteiger partial charge on any atom is 0.308 e. The first kappa shape index (κ1) is 12.3. The van der Waals surface area contributed by atoms with Gasteiger partial charge < -0.3 is 0 Å². The van der Waals surface area contributed by atoms with E-state index < -0.39 is 39.4 Å². The molecule has 0 atom stereocenters. The van der Waals surface area contributed by atoms with Crippen molar-refractivity contribution in [3.05, 3.63) is 63.0 Å². The van der Waals surface area contributed by atoms with Gasteiger partial charge in [0.2, 0.25) is 5.82 Å². The Morgan fingerprint density at radius 1 is 1.00 bits per heavy atom. The van der Waals surface area contributed by atoms with Gasteiger partial charge in [-0.05, 0) is 17.7 Å². The molecule has 0 unspecified atom stereocenters. The molecule has 0 spiro atoms. The van der Waals surface area contributed by atoms with Gasteiger partial charge in [-0.15, -0.1) is 0 Å². The summed E-state index contributed by atoms with van der Waals surface area (Å²) in [5, 5.41) is 10.6. The summed E-state index contributed by atoms with van der Waals surface area (Å²) in [6.45, 7) is 0. The number of nitro benzene ring substituents is 1. The van der Waals surface area contributed by atoms with Gasteiger partial charge in [-0.1, -0.05) is 6.07 Å². The van der Waals surface area contributed by atoms with Gasteiger partial charge in [0.05, 0.1) is 16.6 Å². The lowest BCUT2D eigenvalue weighted by molar-refractivity contribution is -0.387. The molecule has 0 N–H and O–H groups in total. The molecule has 20 heavy (non-hydrogen) atoms. The fourth-order valence-corrected chi connectivity index (χ4v) is 2.28. The van der Waals surface area contributed by atoms with E-state index in [0.29, 0.717) is 6.07 Å². The predicted octanol–water partition coefficient (Wildman–Crippen LogP) is 3.22.